The van der Waals surface area contributed by atoms with Crippen LogP contribution in [-0.2, 0) is 6.54 Å². The first-order valence-corrected chi connectivity index (χ1v) is 7.18. The molecule has 1 amide bonds. The van der Waals surface area contributed by atoms with Gasteiger partial charge in [0.05, 0.1) is 4.92 Å². The molecule has 120 valence electrons. The number of hydrogen-bond acceptors (Lipinski definition) is 4. The maximum Gasteiger partial charge on any atom is 0.269 e. The fourth-order valence-corrected chi connectivity index (χ4v) is 2.33. The van der Waals surface area contributed by atoms with Crippen LogP contribution in [0, 0.1) is 10.1 Å². The lowest BCUT2D eigenvalue weighted by atomic mass is 10.1. The van der Waals surface area contributed by atoms with Gasteiger partial charge in [0.1, 0.15) is 5.56 Å². The molecule has 7 heteroatoms. The van der Waals surface area contributed by atoms with E-state index < -0.39 is 16.4 Å². The Kier molecular flexibility index (Phi) is 4.07. The number of hydrogen-bond donors (Lipinski definition) is 2. The Hall–Kier alpha value is -3.48. The molecule has 0 unspecified atom stereocenters. The van der Waals surface area contributed by atoms with Gasteiger partial charge in [-0.3, -0.25) is 19.7 Å². The molecule has 0 aliphatic carbocycles. The minimum absolute atomic E-state index is 0.0175. The summed E-state index contributed by atoms with van der Waals surface area (Å²) in [5, 5.41) is 14.0. The highest BCUT2D eigenvalue weighted by molar-refractivity contribution is 5.97. The fraction of sp³-hybridized carbons (Fsp3) is 0.0588. The number of benzene rings is 2. The topological polar surface area (TPSA) is 105 Å². The highest BCUT2D eigenvalue weighted by atomic mass is 16.6. The zero-order valence-electron chi connectivity index (χ0n) is 12.5. The van der Waals surface area contributed by atoms with Crippen molar-refractivity contribution in [3.63, 3.8) is 0 Å². The third-order valence-corrected chi connectivity index (χ3v) is 3.60. The predicted octanol–water partition coefficient (Wildman–Crippen LogP) is 2.37. The minimum atomic E-state index is -0.500. The summed E-state index contributed by atoms with van der Waals surface area (Å²) in [6.07, 6.45) is 0. The lowest BCUT2D eigenvalue weighted by Gasteiger charge is -2.06. The van der Waals surface area contributed by atoms with Crippen LogP contribution in [0.3, 0.4) is 0 Å². The maximum atomic E-state index is 12.2. The van der Waals surface area contributed by atoms with Crippen molar-refractivity contribution in [2.75, 3.05) is 0 Å². The van der Waals surface area contributed by atoms with Crippen LogP contribution in [0.5, 0.6) is 0 Å². The summed E-state index contributed by atoms with van der Waals surface area (Å²) in [4.78, 5) is 37.0. The van der Waals surface area contributed by atoms with Gasteiger partial charge in [-0.05, 0) is 23.1 Å². The summed E-state index contributed by atoms with van der Waals surface area (Å²) in [7, 11) is 0. The van der Waals surface area contributed by atoms with Crippen molar-refractivity contribution >= 4 is 22.5 Å². The van der Waals surface area contributed by atoms with E-state index >= 15 is 0 Å². The van der Waals surface area contributed by atoms with Gasteiger partial charge in [0.2, 0.25) is 0 Å². The molecule has 0 spiro atoms. The van der Waals surface area contributed by atoms with Gasteiger partial charge >= 0.3 is 0 Å². The van der Waals surface area contributed by atoms with E-state index in [0.29, 0.717) is 11.1 Å². The number of para-hydroxylation sites is 1. The monoisotopic (exact) mass is 323 g/mol. The Labute approximate surface area is 136 Å². The van der Waals surface area contributed by atoms with Crippen LogP contribution in [0.2, 0.25) is 0 Å². The molecule has 0 atom stereocenters. The quantitative estimate of drug-likeness (QED) is 0.568. The lowest BCUT2D eigenvalue weighted by Crippen LogP contribution is -2.29. The summed E-state index contributed by atoms with van der Waals surface area (Å²) < 4.78 is 0. The second-order valence-electron chi connectivity index (χ2n) is 5.21. The van der Waals surface area contributed by atoms with E-state index in [-0.39, 0.29) is 17.8 Å². The average Bonchev–Trinajstić information content (AvgIpc) is 2.59. The second-order valence-corrected chi connectivity index (χ2v) is 5.21. The number of nitrogens with zero attached hydrogens (tertiary/aromatic N) is 1. The molecule has 7 nitrogen and oxygen atoms in total. The first-order chi connectivity index (χ1) is 11.5. The van der Waals surface area contributed by atoms with Crippen LogP contribution in [-0.4, -0.2) is 15.8 Å². The molecule has 2 N–H and O–H groups in total. The van der Waals surface area contributed by atoms with Crippen molar-refractivity contribution in [1.29, 1.82) is 0 Å². The molecule has 0 fully saturated rings. The lowest BCUT2D eigenvalue weighted by molar-refractivity contribution is -0.384. The molecule has 2 aromatic carbocycles. The van der Waals surface area contributed by atoms with Crippen LogP contribution in [0.1, 0.15) is 15.9 Å². The van der Waals surface area contributed by atoms with Crippen LogP contribution < -0.4 is 10.9 Å². The van der Waals surface area contributed by atoms with Crippen LogP contribution in [0.15, 0.2) is 59.4 Å². The number of nitro groups is 1. The van der Waals surface area contributed by atoms with Gasteiger partial charge < -0.3 is 10.3 Å². The summed E-state index contributed by atoms with van der Waals surface area (Å²) in [6, 6.07) is 14.6. The molecule has 0 bridgehead atoms. The zero-order valence-corrected chi connectivity index (χ0v) is 12.5. The predicted molar refractivity (Wildman–Crippen MR) is 88.8 cm³/mol. The molecule has 1 aromatic heterocycles. The van der Waals surface area contributed by atoms with Gasteiger partial charge in [0.25, 0.3) is 17.2 Å². The van der Waals surface area contributed by atoms with Crippen molar-refractivity contribution in [3.05, 3.63) is 86.2 Å². The summed E-state index contributed by atoms with van der Waals surface area (Å²) in [5.41, 5.74) is 0.905. The average molecular weight is 323 g/mol. The number of carbonyl (C=O) groups is 1. The van der Waals surface area contributed by atoms with Crippen LogP contribution >= 0.6 is 0 Å². The number of amides is 1. The molecule has 1 heterocycles. The van der Waals surface area contributed by atoms with Crippen molar-refractivity contribution < 1.29 is 9.72 Å². The van der Waals surface area contributed by atoms with Gasteiger partial charge in [-0.25, -0.2) is 0 Å². The summed E-state index contributed by atoms with van der Waals surface area (Å²) >= 11 is 0. The highest BCUT2D eigenvalue weighted by Gasteiger charge is 2.12. The molecule has 0 radical (unpaired) electrons. The number of nitrogens with one attached hydrogen (secondary N) is 2. The first-order valence-electron chi connectivity index (χ1n) is 7.18. The molecule has 0 saturated heterocycles. The first kappa shape index (κ1) is 15.4. The van der Waals surface area contributed by atoms with E-state index in [4.69, 9.17) is 0 Å². The normalized spacial score (nSPS) is 10.5. The number of nitro benzene ring substituents is 1. The number of H-pyrrole nitrogens is 1. The molecule has 0 saturated carbocycles. The molecular formula is C17H13N3O4. The smallest absolute Gasteiger partial charge is 0.269 e. The van der Waals surface area contributed by atoms with Crippen LogP contribution in [0.4, 0.5) is 5.69 Å². The van der Waals surface area contributed by atoms with Crippen molar-refractivity contribution in [3.8, 4) is 0 Å². The number of aromatic amines is 1. The second kappa shape index (κ2) is 6.33. The van der Waals surface area contributed by atoms with Gasteiger partial charge in [-0.1, -0.05) is 30.3 Å². The van der Waals surface area contributed by atoms with E-state index in [1.54, 1.807) is 36.4 Å². The Morgan fingerprint density at radius 1 is 1.12 bits per heavy atom. The van der Waals surface area contributed by atoms with Crippen molar-refractivity contribution in [2.45, 2.75) is 6.54 Å². The maximum absolute atomic E-state index is 12.2. The van der Waals surface area contributed by atoms with Crippen LogP contribution in [0.25, 0.3) is 10.9 Å². The number of aromatic nitrogens is 1. The summed E-state index contributed by atoms with van der Waals surface area (Å²) in [5.74, 6) is -0.500. The Bertz CT molecular complexity index is 977. The van der Waals surface area contributed by atoms with E-state index in [9.17, 15) is 19.7 Å². The minimum Gasteiger partial charge on any atom is -0.348 e. The number of carbonyl (C=O) groups excluding carboxylic acids is 1. The third-order valence-electron chi connectivity index (χ3n) is 3.60. The number of rotatable bonds is 4. The largest absolute Gasteiger partial charge is 0.348 e. The molecule has 0 aliphatic rings. The summed E-state index contributed by atoms with van der Waals surface area (Å²) in [6.45, 7) is 0.170. The van der Waals surface area contributed by atoms with E-state index in [2.05, 4.69) is 10.3 Å². The van der Waals surface area contributed by atoms with Crippen molar-refractivity contribution in [1.82, 2.24) is 10.3 Å². The Balaban J connectivity index is 1.76. The SMILES string of the molecule is O=C(NCc1ccc([N+](=O)[O-])cc1)c1cc2ccccc2[nH]c1=O. The number of non-ortho nitro benzene ring substituents is 1. The van der Waals surface area contributed by atoms with Crippen molar-refractivity contribution in [2.24, 2.45) is 0 Å². The third kappa shape index (κ3) is 3.14. The Morgan fingerprint density at radius 3 is 2.54 bits per heavy atom. The molecular weight excluding hydrogens is 310 g/mol. The number of fused-ring (bicyclic) bond motifs is 1. The molecule has 3 rings (SSSR count). The van der Waals surface area contributed by atoms with Gasteiger partial charge in [0.15, 0.2) is 0 Å². The van der Waals surface area contributed by atoms with Gasteiger partial charge in [0, 0.05) is 24.2 Å². The Morgan fingerprint density at radius 2 is 1.83 bits per heavy atom. The number of pyridine rings is 1. The molecule has 0 aliphatic heterocycles. The van der Waals surface area contributed by atoms with E-state index in [1.807, 2.05) is 6.07 Å². The van der Waals surface area contributed by atoms with Gasteiger partial charge in [-0.15, -0.1) is 0 Å². The fourth-order valence-electron chi connectivity index (χ4n) is 2.33. The highest BCUT2D eigenvalue weighted by Crippen LogP contribution is 2.12. The standard InChI is InChI=1S/C17H13N3O4/c21-16(18-10-11-5-7-13(8-6-11)20(23)24)14-9-12-3-1-2-4-15(12)19-17(14)22/h1-9H,10H2,(H,18,21)(H,19,22). The van der Waals surface area contributed by atoms with E-state index in [0.717, 1.165) is 5.39 Å². The molecule has 24 heavy (non-hydrogen) atoms. The molecule has 3 aromatic rings. The van der Waals surface area contributed by atoms with E-state index in [1.165, 1.54) is 12.1 Å². The van der Waals surface area contributed by atoms with Gasteiger partial charge in [-0.2, -0.15) is 0 Å². The zero-order chi connectivity index (χ0) is 17.1.